The van der Waals surface area contributed by atoms with Gasteiger partial charge < -0.3 is 0 Å². The number of benzene rings is 2. The Bertz CT molecular complexity index is 506. The van der Waals surface area contributed by atoms with Crippen molar-refractivity contribution in [1.82, 2.24) is 0 Å². The summed E-state index contributed by atoms with van der Waals surface area (Å²) in [6, 6.07) is 8.96. The monoisotopic (exact) mass is 224 g/mol. The molecule has 2 aromatic rings. The highest BCUT2D eigenvalue weighted by atomic mass is 35.5. The zero-order valence-corrected chi connectivity index (χ0v) is 8.64. The second-order valence-electron chi connectivity index (χ2n) is 2.98. The summed E-state index contributed by atoms with van der Waals surface area (Å²) < 4.78 is 0. The van der Waals surface area contributed by atoms with E-state index in [0.29, 0.717) is 15.6 Å². The average Bonchev–Trinajstić information content (AvgIpc) is 2.16. The molecule has 0 unspecified atom stereocenters. The van der Waals surface area contributed by atoms with Crippen LogP contribution < -0.4 is 0 Å². The summed E-state index contributed by atoms with van der Waals surface area (Å²) in [6.07, 6.45) is 0.746. The van der Waals surface area contributed by atoms with E-state index in [1.165, 1.54) is 0 Å². The molecule has 0 aliphatic heterocycles. The summed E-state index contributed by atoms with van der Waals surface area (Å²) in [5.74, 6) is 0. The molecule has 0 radical (unpaired) electrons. The number of carbonyl (C=O) groups excluding carboxylic acids is 1. The molecule has 0 aliphatic carbocycles. The molecule has 0 heterocycles. The smallest absolute Gasteiger partial charge is 0.151 e. The maximum atomic E-state index is 10.6. The van der Waals surface area contributed by atoms with Crippen LogP contribution in [-0.2, 0) is 0 Å². The molecule has 0 amide bonds. The van der Waals surface area contributed by atoms with E-state index >= 15 is 0 Å². The van der Waals surface area contributed by atoms with Gasteiger partial charge in [0.1, 0.15) is 0 Å². The molecule has 0 aliphatic rings. The van der Waals surface area contributed by atoms with E-state index in [-0.39, 0.29) is 0 Å². The van der Waals surface area contributed by atoms with E-state index in [1.54, 1.807) is 18.2 Å². The van der Waals surface area contributed by atoms with Gasteiger partial charge in [0.25, 0.3) is 0 Å². The molecular formula is C11H6Cl2O. The van der Waals surface area contributed by atoms with Crippen molar-refractivity contribution in [3.8, 4) is 0 Å². The summed E-state index contributed by atoms with van der Waals surface area (Å²) in [5.41, 5.74) is 0.501. The number of aldehydes is 1. The Morgan fingerprint density at radius 3 is 2.50 bits per heavy atom. The third kappa shape index (κ3) is 1.61. The molecule has 14 heavy (non-hydrogen) atoms. The minimum Gasteiger partial charge on any atom is -0.298 e. The van der Waals surface area contributed by atoms with Crippen molar-refractivity contribution in [2.24, 2.45) is 0 Å². The lowest BCUT2D eigenvalue weighted by molar-refractivity contribution is 0.112. The van der Waals surface area contributed by atoms with Crippen molar-refractivity contribution in [1.29, 1.82) is 0 Å². The predicted octanol–water partition coefficient (Wildman–Crippen LogP) is 3.96. The fourth-order valence-corrected chi connectivity index (χ4v) is 1.75. The maximum absolute atomic E-state index is 10.6. The van der Waals surface area contributed by atoms with Crippen LogP contribution >= 0.6 is 23.2 Å². The Kier molecular flexibility index (Phi) is 2.44. The van der Waals surface area contributed by atoms with E-state index < -0.39 is 0 Å². The van der Waals surface area contributed by atoms with Crippen molar-refractivity contribution in [3.05, 3.63) is 45.9 Å². The number of fused-ring (bicyclic) bond motifs is 1. The highest BCUT2D eigenvalue weighted by Gasteiger charge is 2.02. The van der Waals surface area contributed by atoms with Gasteiger partial charge in [-0.15, -0.1) is 0 Å². The third-order valence-corrected chi connectivity index (χ3v) is 2.61. The van der Waals surface area contributed by atoms with Crippen molar-refractivity contribution in [3.63, 3.8) is 0 Å². The van der Waals surface area contributed by atoms with Crippen LogP contribution in [0, 0.1) is 0 Å². The third-order valence-electron chi connectivity index (χ3n) is 2.04. The van der Waals surface area contributed by atoms with Crippen molar-refractivity contribution in [2.75, 3.05) is 0 Å². The van der Waals surface area contributed by atoms with Crippen LogP contribution in [0.4, 0.5) is 0 Å². The normalized spacial score (nSPS) is 10.4. The largest absolute Gasteiger partial charge is 0.298 e. The van der Waals surface area contributed by atoms with Gasteiger partial charge in [-0.2, -0.15) is 0 Å². The number of rotatable bonds is 1. The van der Waals surface area contributed by atoms with Gasteiger partial charge in [-0.3, -0.25) is 4.79 Å². The lowest BCUT2D eigenvalue weighted by atomic mass is 10.1. The molecule has 2 aromatic carbocycles. The summed E-state index contributed by atoms with van der Waals surface area (Å²) in [4.78, 5) is 10.6. The standard InChI is InChI=1S/C11H6Cl2O/c12-10-2-1-7-3-9(6-14)11(13)5-8(7)4-10/h1-6H. The highest BCUT2D eigenvalue weighted by Crippen LogP contribution is 2.25. The predicted molar refractivity (Wildman–Crippen MR) is 59.4 cm³/mol. The van der Waals surface area contributed by atoms with Gasteiger partial charge >= 0.3 is 0 Å². The van der Waals surface area contributed by atoms with E-state index in [9.17, 15) is 4.79 Å². The number of halogens is 2. The van der Waals surface area contributed by atoms with E-state index in [1.807, 2.05) is 12.1 Å². The molecule has 0 N–H and O–H groups in total. The molecule has 0 spiro atoms. The Hall–Kier alpha value is -1.05. The molecule has 1 nitrogen and oxygen atoms in total. The summed E-state index contributed by atoms with van der Waals surface area (Å²) in [5, 5.41) is 3.01. The lowest BCUT2D eigenvalue weighted by Crippen LogP contribution is -1.82. The topological polar surface area (TPSA) is 17.1 Å². The summed E-state index contributed by atoms with van der Waals surface area (Å²) in [6.45, 7) is 0. The Morgan fingerprint density at radius 2 is 1.79 bits per heavy atom. The fraction of sp³-hybridized carbons (Fsp3) is 0. The van der Waals surface area contributed by atoms with E-state index in [4.69, 9.17) is 23.2 Å². The first-order valence-corrected chi connectivity index (χ1v) is 4.80. The zero-order chi connectivity index (χ0) is 10.1. The number of hydrogen-bond donors (Lipinski definition) is 0. The fourth-order valence-electron chi connectivity index (χ4n) is 1.35. The summed E-state index contributed by atoms with van der Waals surface area (Å²) >= 11 is 11.7. The number of hydrogen-bond acceptors (Lipinski definition) is 1. The van der Waals surface area contributed by atoms with E-state index in [2.05, 4.69) is 0 Å². The summed E-state index contributed by atoms with van der Waals surface area (Å²) in [7, 11) is 0. The molecule has 0 fully saturated rings. The Balaban J connectivity index is 2.79. The Morgan fingerprint density at radius 1 is 1.00 bits per heavy atom. The quantitative estimate of drug-likeness (QED) is 0.671. The van der Waals surface area contributed by atoms with Crippen LogP contribution in [-0.4, -0.2) is 6.29 Å². The van der Waals surface area contributed by atoms with Crippen molar-refractivity contribution >= 4 is 40.3 Å². The first-order valence-electron chi connectivity index (χ1n) is 4.05. The van der Waals surface area contributed by atoms with Crippen molar-refractivity contribution in [2.45, 2.75) is 0 Å². The lowest BCUT2D eigenvalue weighted by Gasteiger charge is -2.01. The molecule has 0 bridgehead atoms. The van der Waals surface area contributed by atoms with Crippen LogP contribution in [0.5, 0.6) is 0 Å². The maximum Gasteiger partial charge on any atom is 0.151 e. The minimum absolute atomic E-state index is 0.453. The van der Waals surface area contributed by atoms with Crippen LogP contribution in [0.2, 0.25) is 10.0 Å². The second kappa shape index (κ2) is 3.60. The molecule has 2 rings (SSSR count). The van der Waals surface area contributed by atoms with Gasteiger partial charge in [0.05, 0.1) is 5.02 Å². The van der Waals surface area contributed by atoms with E-state index in [0.717, 1.165) is 17.1 Å². The average molecular weight is 225 g/mol. The minimum atomic E-state index is 0.453. The van der Waals surface area contributed by atoms with Crippen LogP contribution in [0.15, 0.2) is 30.3 Å². The molecule has 0 saturated heterocycles. The van der Waals surface area contributed by atoms with Gasteiger partial charge in [-0.25, -0.2) is 0 Å². The zero-order valence-electron chi connectivity index (χ0n) is 7.13. The molecule has 0 atom stereocenters. The SMILES string of the molecule is O=Cc1cc2ccc(Cl)cc2cc1Cl. The first kappa shape index (κ1) is 9.50. The first-order chi connectivity index (χ1) is 6.70. The Labute approximate surface area is 91.2 Å². The van der Waals surface area contributed by atoms with Gasteiger partial charge in [-0.05, 0) is 35.0 Å². The molecule has 70 valence electrons. The van der Waals surface area contributed by atoms with Crippen LogP contribution in [0.25, 0.3) is 10.8 Å². The van der Waals surface area contributed by atoms with Gasteiger partial charge in [0.15, 0.2) is 6.29 Å². The molecular weight excluding hydrogens is 219 g/mol. The molecule has 0 aromatic heterocycles. The van der Waals surface area contributed by atoms with Gasteiger partial charge in [0.2, 0.25) is 0 Å². The van der Waals surface area contributed by atoms with Crippen LogP contribution in [0.1, 0.15) is 10.4 Å². The van der Waals surface area contributed by atoms with Gasteiger partial charge in [-0.1, -0.05) is 29.3 Å². The number of carbonyl (C=O) groups is 1. The molecule has 0 saturated carbocycles. The van der Waals surface area contributed by atoms with Gasteiger partial charge in [0, 0.05) is 10.6 Å². The molecule has 3 heteroatoms. The second-order valence-corrected chi connectivity index (χ2v) is 3.83. The van der Waals surface area contributed by atoms with Crippen LogP contribution in [0.3, 0.4) is 0 Å². The van der Waals surface area contributed by atoms with Crippen molar-refractivity contribution < 1.29 is 4.79 Å². The highest BCUT2D eigenvalue weighted by molar-refractivity contribution is 6.34.